The molecule has 1 heterocycles. The SMILES string of the molecule is O=C(NCc1cc(Cl)ccc1OC(F)F)N1CCC(CO)C1. The number of benzene rings is 1. The van der Waals surface area contributed by atoms with Crippen LogP contribution in [0.3, 0.4) is 0 Å². The Kier molecular flexibility index (Phi) is 5.79. The molecule has 1 aliphatic rings. The van der Waals surface area contributed by atoms with Gasteiger partial charge >= 0.3 is 12.6 Å². The fourth-order valence-corrected chi connectivity index (χ4v) is 2.54. The molecular formula is C14H17ClF2N2O3. The second-order valence-electron chi connectivity index (χ2n) is 5.07. The smallest absolute Gasteiger partial charge is 0.387 e. The first-order valence-corrected chi connectivity index (χ1v) is 7.24. The number of likely N-dealkylation sites (tertiary alicyclic amines) is 1. The lowest BCUT2D eigenvalue weighted by Crippen LogP contribution is -2.38. The van der Waals surface area contributed by atoms with Crippen molar-refractivity contribution in [2.24, 2.45) is 5.92 Å². The van der Waals surface area contributed by atoms with E-state index in [2.05, 4.69) is 10.1 Å². The van der Waals surface area contributed by atoms with E-state index in [1.807, 2.05) is 0 Å². The molecule has 2 amide bonds. The Morgan fingerprint density at radius 3 is 2.95 bits per heavy atom. The molecule has 1 atom stereocenters. The lowest BCUT2D eigenvalue weighted by Gasteiger charge is -2.18. The van der Waals surface area contributed by atoms with Crippen molar-refractivity contribution in [3.05, 3.63) is 28.8 Å². The summed E-state index contributed by atoms with van der Waals surface area (Å²) < 4.78 is 29.1. The number of aliphatic hydroxyl groups is 1. The highest BCUT2D eigenvalue weighted by Crippen LogP contribution is 2.24. The van der Waals surface area contributed by atoms with Crippen LogP contribution in [0.4, 0.5) is 13.6 Å². The van der Waals surface area contributed by atoms with Crippen molar-refractivity contribution < 1.29 is 23.4 Å². The maximum atomic E-state index is 12.4. The molecular weight excluding hydrogens is 318 g/mol. The number of urea groups is 1. The van der Waals surface area contributed by atoms with Crippen molar-refractivity contribution in [1.29, 1.82) is 0 Å². The number of carbonyl (C=O) groups excluding carboxylic acids is 1. The summed E-state index contributed by atoms with van der Waals surface area (Å²) in [5.41, 5.74) is 0.374. The van der Waals surface area contributed by atoms with E-state index in [9.17, 15) is 13.6 Å². The van der Waals surface area contributed by atoms with E-state index in [-0.39, 0.29) is 30.9 Å². The van der Waals surface area contributed by atoms with Crippen molar-refractivity contribution in [3.8, 4) is 5.75 Å². The van der Waals surface area contributed by atoms with Crippen LogP contribution in [0.1, 0.15) is 12.0 Å². The number of alkyl halides is 2. The van der Waals surface area contributed by atoms with Gasteiger partial charge in [0.2, 0.25) is 0 Å². The van der Waals surface area contributed by atoms with Gasteiger partial charge in [-0.05, 0) is 24.6 Å². The highest BCUT2D eigenvalue weighted by atomic mass is 35.5. The normalized spacial score (nSPS) is 17.9. The topological polar surface area (TPSA) is 61.8 Å². The molecule has 2 rings (SSSR count). The molecule has 0 aromatic heterocycles. The third-order valence-electron chi connectivity index (χ3n) is 3.50. The van der Waals surface area contributed by atoms with Gasteiger partial charge in [0, 0.05) is 42.7 Å². The molecule has 5 nitrogen and oxygen atoms in total. The van der Waals surface area contributed by atoms with Crippen molar-refractivity contribution in [2.75, 3.05) is 19.7 Å². The summed E-state index contributed by atoms with van der Waals surface area (Å²) in [4.78, 5) is 13.6. The molecule has 8 heteroatoms. The Bertz CT molecular complexity index is 531. The molecule has 1 saturated heterocycles. The third kappa shape index (κ3) is 4.45. The number of ether oxygens (including phenoxy) is 1. The molecule has 1 aromatic carbocycles. The molecule has 2 N–H and O–H groups in total. The predicted molar refractivity (Wildman–Crippen MR) is 77.1 cm³/mol. The molecule has 1 fully saturated rings. The van der Waals surface area contributed by atoms with Gasteiger partial charge in [-0.25, -0.2) is 4.79 Å². The molecule has 22 heavy (non-hydrogen) atoms. The van der Waals surface area contributed by atoms with E-state index in [1.165, 1.54) is 18.2 Å². The Morgan fingerprint density at radius 2 is 2.32 bits per heavy atom. The maximum absolute atomic E-state index is 12.4. The molecule has 0 saturated carbocycles. The van der Waals surface area contributed by atoms with E-state index >= 15 is 0 Å². The van der Waals surface area contributed by atoms with Gasteiger partial charge in [0.1, 0.15) is 5.75 Å². The number of nitrogens with zero attached hydrogens (tertiary/aromatic N) is 1. The summed E-state index contributed by atoms with van der Waals surface area (Å²) in [7, 11) is 0. The van der Waals surface area contributed by atoms with Gasteiger partial charge in [-0.1, -0.05) is 11.6 Å². The molecule has 122 valence electrons. The van der Waals surface area contributed by atoms with Crippen LogP contribution in [0.15, 0.2) is 18.2 Å². The van der Waals surface area contributed by atoms with Crippen LogP contribution in [0.2, 0.25) is 5.02 Å². The molecule has 1 unspecified atom stereocenters. The summed E-state index contributed by atoms with van der Waals surface area (Å²) in [6, 6.07) is 3.95. The van der Waals surface area contributed by atoms with E-state index < -0.39 is 6.61 Å². The third-order valence-corrected chi connectivity index (χ3v) is 3.74. The monoisotopic (exact) mass is 334 g/mol. The molecule has 1 aromatic rings. The number of carbonyl (C=O) groups is 1. The van der Waals surface area contributed by atoms with Gasteiger partial charge in [0.25, 0.3) is 0 Å². The number of amides is 2. The zero-order valence-corrected chi connectivity index (χ0v) is 12.5. The van der Waals surface area contributed by atoms with Crippen LogP contribution in [-0.4, -0.2) is 42.3 Å². The maximum Gasteiger partial charge on any atom is 0.387 e. The summed E-state index contributed by atoms with van der Waals surface area (Å²) >= 11 is 5.84. The minimum Gasteiger partial charge on any atom is -0.434 e. The largest absolute Gasteiger partial charge is 0.434 e. The van der Waals surface area contributed by atoms with E-state index in [4.69, 9.17) is 16.7 Å². The second-order valence-corrected chi connectivity index (χ2v) is 5.51. The first-order valence-electron chi connectivity index (χ1n) is 6.86. The fourth-order valence-electron chi connectivity index (χ4n) is 2.35. The Labute approximate surface area is 131 Å². The summed E-state index contributed by atoms with van der Waals surface area (Å²) in [6.07, 6.45) is 0.751. The van der Waals surface area contributed by atoms with E-state index in [1.54, 1.807) is 4.90 Å². The van der Waals surface area contributed by atoms with Crippen LogP contribution >= 0.6 is 11.6 Å². The molecule has 0 radical (unpaired) electrons. The van der Waals surface area contributed by atoms with Gasteiger partial charge in [-0.2, -0.15) is 8.78 Å². The van der Waals surface area contributed by atoms with Crippen molar-refractivity contribution in [1.82, 2.24) is 10.2 Å². The van der Waals surface area contributed by atoms with Crippen LogP contribution in [0.25, 0.3) is 0 Å². The Morgan fingerprint density at radius 1 is 1.55 bits per heavy atom. The summed E-state index contributed by atoms with van der Waals surface area (Å²) in [5.74, 6) is 0.0732. The number of hydrogen-bond acceptors (Lipinski definition) is 3. The minimum atomic E-state index is -2.94. The lowest BCUT2D eigenvalue weighted by atomic mass is 10.1. The van der Waals surface area contributed by atoms with Crippen LogP contribution < -0.4 is 10.1 Å². The quantitative estimate of drug-likeness (QED) is 0.869. The van der Waals surface area contributed by atoms with E-state index in [0.29, 0.717) is 23.7 Å². The molecule has 0 bridgehead atoms. The van der Waals surface area contributed by atoms with Crippen LogP contribution in [0, 0.1) is 5.92 Å². The Hall–Kier alpha value is -1.60. The van der Waals surface area contributed by atoms with Crippen LogP contribution in [0.5, 0.6) is 5.75 Å². The lowest BCUT2D eigenvalue weighted by molar-refractivity contribution is -0.0504. The van der Waals surface area contributed by atoms with E-state index in [0.717, 1.165) is 6.42 Å². The number of aliphatic hydroxyl groups excluding tert-OH is 1. The number of halogens is 3. The van der Waals surface area contributed by atoms with Crippen molar-refractivity contribution in [2.45, 2.75) is 19.6 Å². The predicted octanol–water partition coefficient (Wildman–Crippen LogP) is 2.47. The van der Waals surface area contributed by atoms with Crippen molar-refractivity contribution >= 4 is 17.6 Å². The standard InChI is InChI=1S/C14H17ClF2N2O3/c15-11-1-2-12(22-13(16)17)10(5-11)6-18-14(21)19-4-3-9(7-19)8-20/h1-2,5,9,13,20H,3-4,6-8H2,(H,18,21). The summed E-state index contributed by atoms with van der Waals surface area (Å²) in [6.45, 7) is -1.82. The first-order chi connectivity index (χ1) is 10.5. The molecule has 0 aliphatic carbocycles. The highest BCUT2D eigenvalue weighted by molar-refractivity contribution is 6.30. The van der Waals surface area contributed by atoms with Gasteiger partial charge in [-0.3, -0.25) is 0 Å². The van der Waals surface area contributed by atoms with Gasteiger partial charge in [0.05, 0.1) is 0 Å². The number of nitrogens with one attached hydrogen (secondary N) is 1. The minimum absolute atomic E-state index is 0.0191. The van der Waals surface area contributed by atoms with Gasteiger partial charge in [-0.15, -0.1) is 0 Å². The highest BCUT2D eigenvalue weighted by Gasteiger charge is 2.25. The molecule has 1 aliphatic heterocycles. The number of hydrogen-bond donors (Lipinski definition) is 2. The van der Waals surface area contributed by atoms with Gasteiger partial charge < -0.3 is 20.1 Å². The van der Waals surface area contributed by atoms with Crippen LogP contribution in [-0.2, 0) is 6.54 Å². The average molecular weight is 335 g/mol. The number of rotatable bonds is 5. The second kappa shape index (κ2) is 7.60. The first kappa shape index (κ1) is 16.8. The Balaban J connectivity index is 1.96. The van der Waals surface area contributed by atoms with Crippen molar-refractivity contribution in [3.63, 3.8) is 0 Å². The zero-order chi connectivity index (χ0) is 16.1. The zero-order valence-electron chi connectivity index (χ0n) is 11.8. The average Bonchev–Trinajstić information content (AvgIpc) is 2.95. The fraction of sp³-hybridized carbons (Fsp3) is 0.500. The molecule has 0 spiro atoms. The van der Waals surface area contributed by atoms with Gasteiger partial charge in [0.15, 0.2) is 0 Å². The summed E-state index contributed by atoms with van der Waals surface area (Å²) in [5, 5.41) is 12.1.